The number of carbonyl (C=O) groups is 1. The Hall–Kier alpha value is -0.610. The van der Waals surface area contributed by atoms with Gasteiger partial charge in [0.25, 0.3) is 0 Å². The van der Waals surface area contributed by atoms with Crippen LogP contribution in [0.25, 0.3) is 0 Å². The highest BCUT2D eigenvalue weighted by Crippen LogP contribution is 2.26. The first-order chi connectivity index (χ1) is 8.11. The summed E-state index contributed by atoms with van der Waals surface area (Å²) in [5, 5.41) is 3.20. The van der Waals surface area contributed by atoms with E-state index in [-0.39, 0.29) is 23.4 Å². The highest BCUT2D eigenvalue weighted by Gasteiger charge is 2.34. The summed E-state index contributed by atoms with van der Waals surface area (Å²) in [7, 11) is 0. The predicted molar refractivity (Wildman–Crippen MR) is 66.5 cm³/mol. The molecule has 0 bridgehead atoms. The van der Waals surface area contributed by atoms with Crippen LogP contribution < -0.4 is 11.1 Å². The molecule has 4 nitrogen and oxygen atoms in total. The molecule has 98 valence electrons. The van der Waals surface area contributed by atoms with Crippen LogP contribution in [0.3, 0.4) is 0 Å². The number of amides is 1. The highest BCUT2D eigenvalue weighted by atomic mass is 16.5. The van der Waals surface area contributed by atoms with Gasteiger partial charge in [-0.15, -0.1) is 0 Å². The van der Waals surface area contributed by atoms with Gasteiger partial charge >= 0.3 is 0 Å². The third-order valence-electron chi connectivity index (χ3n) is 4.18. The number of nitrogens with one attached hydrogen (secondary N) is 1. The summed E-state index contributed by atoms with van der Waals surface area (Å²) in [6, 6.07) is 0.0483. The highest BCUT2D eigenvalue weighted by molar-refractivity contribution is 5.80. The minimum Gasteiger partial charge on any atom is -0.381 e. The molecule has 2 rings (SSSR count). The molecule has 1 saturated heterocycles. The van der Waals surface area contributed by atoms with Gasteiger partial charge in [-0.1, -0.05) is 12.8 Å². The topological polar surface area (TPSA) is 64.4 Å². The molecule has 3 N–H and O–H groups in total. The molecule has 2 aliphatic rings. The molecule has 0 aromatic carbocycles. The molecule has 2 atom stereocenters. The maximum atomic E-state index is 12.3. The molecule has 0 radical (unpaired) electrons. The summed E-state index contributed by atoms with van der Waals surface area (Å²) in [6.07, 6.45) is 6.03. The number of hydrogen-bond acceptors (Lipinski definition) is 3. The quantitative estimate of drug-likeness (QED) is 0.762. The van der Waals surface area contributed by atoms with Gasteiger partial charge in [0.2, 0.25) is 5.91 Å². The van der Waals surface area contributed by atoms with Crippen molar-refractivity contribution in [3.63, 3.8) is 0 Å². The molecule has 1 aliphatic heterocycles. The van der Waals surface area contributed by atoms with E-state index in [1.54, 1.807) is 0 Å². The molecule has 0 aromatic heterocycles. The minimum absolute atomic E-state index is 0.0171. The van der Waals surface area contributed by atoms with E-state index in [9.17, 15) is 4.79 Å². The first-order valence-electron chi connectivity index (χ1n) is 6.76. The third-order valence-corrected chi connectivity index (χ3v) is 4.18. The lowest BCUT2D eigenvalue weighted by Crippen LogP contribution is -2.54. The molecule has 1 amide bonds. The van der Waals surface area contributed by atoms with E-state index < -0.39 is 0 Å². The van der Waals surface area contributed by atoms with E-state index in [2.05, 4.69) is 12.2 Å². The van der Waals surface area contributed by atoms with Gasteiger partial charge in [-0.05, 0) is 32.6 Å². The second-order valence-corrected chi connectivity index (χ2v) is 5.72. The molecule has 1 heterocycles. The Morgan fingerprint density at radius 2 is 1.94 bits per heavy atom. The van der Waals surface area contributed by atoms with Crippen LogP contribution in [0.2, 0.25) is 0 Å². The largest absolute Gasteiger partial charge is 0.381 e. The van der Waals surface area contributed by atoms with Gasteiger partial charge in [0.15, 0.2) is 0 Å². The van der Waals surface area contributed by atoms with Gasteiger partial charge in [-0.2, -0.15) is 0 Å². The minimum atomic E-state index is -0.0908. The van der Waals surface area contributed by atoms with Crippen molar-refractivity contribution in [2.45, 2.75) is 57.0 Å². The molecule has 1 saturated carbocycles. The van der Waals surface area contributed by atoms with E-state index >= 15 is 0 Å². The van der Waals surface area contributed by atoms with Crippen molar-refractivity contribution in [2.75, 3.05) is 13.2 Å². The van der Waals surface area contributed by atoms with Gasteiger partial charge < -0.3 is 15.8 Å². The predicted octanol–water partition coefficient (Wildman–Crippen LogP) is 1.19. The lowest BCUT2D eigenvalue weighted by atomic mass is 9.83. The fraction of sp³-hybridized carbons (Fsp3) is 0.923. The van der Waals surface area contributed by atoms with Crippen molar-refractivity contribution in [3.05, 3.63) is 0 Å². The third kappa shape index (κ3) is 3.19. The lowest BCUT2D eigenvalue weighted by Gasteiger charge is -2.37. The summed E-state index contributed by atoms with van der Waals surface area (Å²) in [6.45, 7) is 3.60. The SMILES string of the molecule is CC1(NC(=O)C2CCCCC2N)CCOCC1. The van der Waals surface area contributed by atoms with Crippen molar-refractivity contribution >= 4 is 5.91 Å². The fourth-order valence-electron chi connectivity index (χ4n) is 2.82. The van der Waals surface area contributed by atoms with E-state index in [1.807, 2.05) is 0 Å². The van der Waals surface area contributed by atoms with Crippen LogP contribution in [0.5, 0.6) is 0 Å². The van der Waals surface area contributed by atoms with Crippen LogP contribution in [0.15, 0.2) is 0 Å². The normalized spacial score (nSPS) is 33.1. The lowest BCUT2D eigenvalue weighted by molar-refractivity contribution is -0.129. The average molecular weight is 240 g/mol. The van der Waals surface area contributed by atoms with Crippen molar-refractivity contribution in [3.8, 4) is 0 Å². The first kappa shape index (κ1) is 12.8. The second kappa shape index (κ2) is 5.36. The molecule has 4 heteroatoms. The summed E-state index contributed by atoms with van der Waals surface area (Å²) in [5.74, 6) is 0.171. The first-order valence-corrected chi connectivity index (χ1v) is 6.76. The Kier molecular flexibility index (Phi) is 4.05. The summed E-state index contributed by atoms with van der Waals surface area (Å²) in [4.78, 5) is 12.3. The van der Waals surface area contributed by atoms with Crippen molar-refractivity contribution in [2.24, 2.45) is 11.7 Å². The van der Waals surface area contributed by atoms with Gasteiger partial charge in [-0.3, -0.25) is 4.79 Å². The maximum Gasteiger partial charge on any atom is 0.225 e. The van der Waals surface area contributed by atoms with Gasteiger partial charge in [-0.25, -0.2) is 0 Å². The van der Waals surface area contributed by atoms with E-state index in [4.69, 9.17) is 10.5 Å². The number of nitrogens with two attached hydrogens (primary N) is 1. The Balaban J connectivity index is 1.90. The van der Waals surface area contributed by atoms with E-state index in [1.165, 1.54) is 0 Å². The Morgan fingerprint density at radius 1 is 1.29 bits per heavy atom. The number of carbonyl (C=O) groups excluding carboxylic acids is 1. The molecule has 0 aromatic rings. The smallest absolute Gasteiger partial charge is 0.225 e. The summed E-state index contributed by atoms with van der Waals surface area (Å²) in [5.41, 5.74) is 5.95. The number of ether oxygens (including phenoxy) is 1. The molecule has 2 unspecified atom stereocenters. The molecule has 2 fully saturated rings. The van der Waals surface area contributed by atoms with Gasteiger partial charge in [0.1, 0.15) is 0 Å². The molecular formula is C13H24N2O2. The van der Waals surface area contributed by atoms with E-state index in [0.29, 0.717) is 0 Å². The number of hydrogen-bond donors (Lipinski definition) is 2. The average Bonchev–Trinajstić information content (AvgIpc) is 2.29. The fourth-order valence-corrected chi connectivity index (χ4v) is 2.82. The summed E-state index contributed by atoms with van der Waals surface area (Å²) < 4.78 is 5.34. The molecular weight excluding hydrogens is 216 g/mol. The summed E-state index contributed by atoms with van der Waals surface area (Å²) >= 11 is 0. The second-order valence-electron chi connectivity index (χ2n) is 5.72. The Bertz CT molecular complexity index is 275. The van der Waals surface area contributed by atoms with Gasteiger partial charge in [0.05, 0.1) is 5.92 Å². The van der Waals surface area contributed by atoms with Crippen molar-refractivity contribution in [1.29, 1.82) is 0 Å². The molecule has 0 spiro atoms. The van der Waals surface area contributed by atoms with Gasteiger partial charge in [0, 0.05) is 24.8 Å². The maximum absolute atomic E-state index is 12.3. The van der Waals surface area contributed by atoms with Crippen LogP contribution in [0.1, 0.15) is 45.4 Å². The van der Waals surface area contributed by atoms with Crippen LogP contribution in [-0.2, 0) is 9.53 Å². The number of rotatable bonds is 2. The standard InChI is InChI=1S/C13H24N2O2/c1-13(6-8-17-9-7-13)15-12(16)10-4-2-3-5-11(10)14/h10-11H,2-9,14H2,1H3,(H,15,16). The molecule has 1 aliphatic carbocycles. The Morgan fingerprint density at radius 3 is 2.59 bits per heavy atom. The van der Waals surface area contributed by atoms with Crippen LogP contribution in [0.4, 0.5) is 0 Å². The van der Waals surface area contributed by atoms with Crippen molar-refractivity contribution in [1.82, 2.24) is 5.32 Å². The van der Waals surface area contributed by atoms with E-state index in [0.717, 1.165) is 51.7 Å². The van der Waals surface area contributed by atoms with Crippen molar-refractivity contribution < 1.29 is 9.53 Å². The zero-order valence-electron chi connectivity index (χ0n) is 10.7. The van der Waals surface area contributed by atoms with Crippen LogP contribution >= 0.6 is 0 Å². The zero-order valence-corrected chi connectivity index (χ0v) is 10.7. The Labute approximate surface area is 103 Å². The zero-order chi connectivity index (χ0) is 12.3. The molecule has 17 heavy (non-hydrogen) atoms. The monoisotopic (exact) mass is 240 g/mol. The van der Waals surface area contributed by atoms with Crippen LogP contribution in [0, 0.1) is 5.92 Å². The van der Waals surface area contributed by atoms with Crippen LogP contribution in [-0.4, -0.2) is 30.7 Å².